The van der Waals surface area contributed by atoms with Crippen LogP contribution in [0.5, 0.6) is 0 Å². The van der Waals surface area contributed by atoms with Crippen LogP contribution in [0.2, 0.25) is 0 Å². The van der Waals surface area contributed by atoms with Crippen LogP contribution in [-0.4, -0.2) is 48.2 Å². The first kappa shape index (κ1) is 22.4. The van der Waals surface area contributed by atoms with Gasteiger partial charge in [-0.05, 0) is 58.5 Å². The Morgan fingerprint density at radius 1 is 0.838 bits per heavy atom. The largest absolute Gasteiger partial charge is 0.286 e. The van der Waals surface area contributed by atoms with Crippen LogP contribution in [0, 0.1) is 0 Å². The summed E-state index contributed by atoms with van der Waals surface area (Å²) >= 11 is 5.60. The van der Waals surface area contributed by atoms with Gasteiger partial charge in [-0.25, -0.2) is 0 Å². The van der Waals surface area contributed by atoms with E-state index >= 15 is 0 Å². The lowest BCUT2D eigenvalue weighted by atomic mass is 10.1. The first-order valence-electron chi connectivity index (χ1n) is 11.3. The third-order valence-electron chi connectivity index (χ3n) is 5.87. The van der Waals surface area contributed by atoms with Gasteiger partial charge in [0.05, 0.1) is 17.4 Å². The zero-order valence-electron chi connectivity index (χ0n) is 19.2. The predicted molar refractivity (Wildman–Crippen MR) is 144 cm³/mol. The summed E-state index contributed by atoms with van der Waals surface area (Å²) in [6, 6.07) is 27.6. The molecule has 0 radical (unpaired) electrons. The molecular weight excluding hydrogens is 486 g/mol. The summed E-state index contributed by atoms with van der Waals surface area (Å²) in [5.74, 6) is -1.15. The maximum atomic E-state index is 13.5. The van der Waals surface area contributed by atoms with Crippen LogP contribution in [0.4, 0.5) is 5.69 Å². The highest BCUT2D eigenvalue weighted by molar-refractivity contribution is 7.80. The Kier molecular flexibility index (Phi) is 5.55. The first-order valence-corrected chi connectivity index (χ1v) is 11.7. The molecule has 9 nitrogen and oxygen atoms in total. The number of hydrazone groups is 1. The quantitative estimate of drug-likeness (QED) is 0.160. The molecule has 1 aliphatic rings. The normalized spacial score (nSPS) is 15.6. The molecular formula is C27H17N7O2S. The Morgan fingerprint density at radius 2 is 1.54 bits per heavy atom. The van der Waals surface area contributed by atoms with E-state index in [0.29, 0.717) is 22.5 Å². The standard InChI is InChI=1S/C27H17N7O2S/c35-25-22(15-18-9-3-1-4-10-18)26(36)34(27(37)32(25)21-12-5-2-6-13-21)28-17-20-16-19-11-7-8-14-23(19)33-24(20)29-30-31-33/h1-17H/b22-15+,28-17+. The molecule has 178 valence electrons. The molecule has 1 aliphatic heterocycles. The van der Waals surface area contributed by atoms with Crippen LogP contribution in [0.1, 0.15) is 11.1 Å². The number of hydrogen-bond acceptors (Lipinski definition) is 7. The maximum absolute atomic E-state index is 13.5. The average Bonchev–Trinajstić information content (AvgIpc) is 3.43. The number of tetrazole rings is 1. The number of hydrogen-bond donors (Lipinski definition) is 0. The highest BCUT2D eigenvalue weighted by Gasteiger charge is 2.40. The van der Waals surface area contributed by atoms with Gasteiger partial charge in [-0.1, -0.05) is 66.7 Å². The Bertz CT molecular complexity index is 1750. The van der Waals surface area contributed by atoms with Crippen molar-refractivity contribution < 1.29 is 9.59 Å². The van der Waals surface area contributed by atoms with E-state index < -0.39 is 11.8 Å². The topological polar surface area (TPSA) is 96.1 Å². The molecule has 6 rings (SSSR count). The third-order valence-corrected chi connectivity index (χ3v) is 6.23. The van der Waals surface area contributed by atoms with Gasteiger partial charge in [-0.15, -0.1) is 5.10 Å². The van der Waals surface area contributed by atoms with E-state index in [0.717, 1.165) is 15.9 Å². The van der Waals surface area contributed by atoms with Crippen molar-refractivity contribution in [1.29, 1.82) is 0 Å². The van der Waals surface area contributed by atoms with Gasteiger partial charge in [-0.2, -0.15) is 14.6 Å². The number of aromatic nitrogens is 4. The van der Waals surface area contributed by atoms with Crippen LogP contribution in [-0.2, 0) is 9.59 Å². The number of anilines is 1. The number of para-hydroxylation sites is 2. The predicted octanol–water partition coefficient (Wildman–Crippen LogP) is 3.86. The molecule has 0 spiro atoms. The molecule has 3 aromatic carbocycles. The average molecular weight is 504 g/mol. The minimum Gasteiger partial charge on any atom is -0.268 e. The summed E-state index contributed by atoms with van der Waals surface area (Å²) in [5, 5.41) is 18.3. The summed E-state index contributed by atoms with van der Waals surface area (Å²) in [4.78, 5) is 28.3. The summed E-state index contributed by atoms with van der Waals surface area (Å²) in [5.41, 5.74) is 3.05. The number of pyridine rings is 1. The smallest absolute Gasteiger partial charge is 0.268 e. The first-order chi connectivity index (χ1) is 18.1. The molecule has 0 saturated carbocycles. The molecule has 0 N–H and O–H groups in total. The molecule has 0 unspecified atom stereocenters. The van der Waals surface area contributed by atoms with Gasteiger partial charge < -0.3 is 0 Å². The summed E-state index contributed by atoms with van der Waals surface area (Å²) in [7, 11) is 0. The molecule has 10 heteroatoms. The molecule has 0 aliphatic carbocycles. The van der Waals surface area contributed by atoms with Crippen LogP contribution < -0.4 is 4.90 Å². The zero-order chi connectivity index (χ0) is 25.4. The fraction of sp³-hybridized carbons (Fsp3) is 0. The van der Waals surface area contributed by atoms with Gasteiger partial charge >= 0.3 is 0 Å². The Hall–Kier alpha value is -5.09. The highest BCUT2D eigenvalue weighted by Crippen LogP contribution is 2.26. The van der Waals surface area contributed by atoms with Crippen molar-refractivity contribution >= 4 is 63.7 Å². The number of fused-ring (bicyclic) bond motifs is 3. The van der Waals surface area contributed by atoms with Gasteiger partial charge in [-0.3, -0.25) is 14.5 Å². The van der Waals surface area contributed by atoms with Crippen molar-refractivity contribution in [3.05, 3.63) is 108 Å². The van der Waals surface area contributed by atoms with E-state index in [9.17, 15) is 9.59 Å². The molecule has 2 amide bonds. The molecule has 0 bridgehead atoms. The van der Waals surface area contributed by atoms with Crippen LogP contribution in [0.25, 0.3) is 22.6 Å². The van der Waals surface area contributed by atoms with E-state index in [4.69, 9.17) is 12.2 Å². The number of thiocarbonyl (C=S) groups is 1. The lowest BCUT2D eigenvalue weighted by Crippen LogP contribution is -2.54. The maximum Gasteiger partial charge on any atom is 0.286 e. The molecule has 0 atom stereocenters. The Labute approximate surface area is 215 Å². The van der Waals surface area contributed by atoms with Gasteiger partial charge in [0, 0.05) is 10.9 Å². The van der Waals surface area contributed by atoms with Crippen LogP contribution in [0.3, 0.4) is 0 Å². The minimum absolute atomic E-state index is 0.0564. The molecule has 1 saturated heterocycles. The van der Waals surface area contributed by atoms with E-state index in [1.54, 1.807) is 34.9 Å². The fourth-order valence-electron chi connectivity index (χ4n) is 4.12. The van der Waals surface area contributed by atoms with E-state index in [-0.39, 0.29) is 10.7 Å². The summed E-state index contributed by atoms with van der Waals surface area (Å²) < 4.78 is 1.60. The van der Waals surface area contributed by atoms with Crippen molar-refractivity contribution in [1.82, 2.24) is 25.0 Å². The van der Waals surface area contributed by atoms with Gasteiger partial charge in [0.15, 0.2) is 5.65 Å². The van der Waals surface area contributed by atoms with Crippen molar-refractivity contribution in [3.8, 4) is 0 Å². The van der Waals surface area contributed by atoms with E-state index in [1.165, 1.54) is 11.1 Å². The number of amides is 2. The lowest BCUT2D eigenvalue weighted by Gasteiger charge is -2.33. The van der Waals surface area contributed by atoms with Crippen molar-refractivity contribution in [2.24, 2.45) is 5.10 Å². The second-order valence-electron chi connectivity index (χ2n) is 8.16. The SMILES string of the molecule is O=C1/C(=C/c2ccccc2)C(=O)N(c2ccccc2)C(=S)N1/N=C/c1cc2ccccc2n2nnnc12. The second-order valence-corrected chi connectivity index (χ2v) is 8.53. The van der Waals surface area contributed by atoms with Gasteiger partial charge in [0.1, 0.15) is 5.57 Å². The molecule has 37 heavy (non-hydrogen) atoms. The summed E-state index contributed by atoms with van der Waals surface area (Å²) in [6.07, 6.45) is 3.02. The number of nitrogens with zero attached hydrogens (tertiary/aromatic N) is 7. The van der Waals surface area contributed by atoms with Crippen molar-refractivity contribution in [2.75, 3.05) is 4.90 Å². The zero-order valence-corrected chi connectivity index (χ0v) is 20.0. The van der Waals surface area contributed by atoms with Crippen LogP contribution >= 0.6 is 12.2 Å². The summed E-state index contributed by atoms with van der Waals surface area (Å²) in [6.45, 7) is 0. The highest BCUT2D eigenvalue weighted by atomic mass is 32.1. The van der Waals surface area contributed by atoms with Crippen LogP contribution in [0.15, 0.2) is 102 Å². The van der Waals surface area contributed by atoms with E-state index in [2.05, 4.69) is 20.6 Å². The minimum atomic E-state index is -0.626. The lowest BCUT2D eigenvalue weighted by molar-refractivity contribution is -0.127. The number of carbonyl (C=O) groups excluding carboxylic acids is 2. The second kappa shape index (κ2) is 9.17. The Balaban J connectivity index is 1.46. The van der Waals surface area contributed by atoms with E-state index in [1.807, 2.05) is 66.7 Å². The monoisotopic (exact) mass is 503 g/mol. The molecule has 3 heterocycles. The Morgan fingerprint density at radius 3 is 2.32 bits per heavy atom. The third kappa shape index (κ3) is 3.95. The number of rotatable bonds is 4. The molecule has 2 aromatic heterocycles. The van der Waals surface area contributed by atoms with Crippen molar-refractivity contribution in [3.63, 3.8) is 0 Å². The fourth-order valence-corrected chi connectivity index (χ4v) is 4.44. The molecule has 1 fully saturated rings. The molecule has 5 aromatic rings. The van der Waals surface area contributed by atoms with Gasteiger partial charge in [0.25, 0.3) is 11.8 Å². The number of benzene rings is 3. The number of carbonyl (C=O) groups is 2. The van der Waals surface area contributed by atoms with Crippen molar-refractivity contribution in [2.45, 2.75) is 0 Å². The van der Waals surface area contributed by atoms with Gasteiger partial charge in [0.2, 0.25) is 5.11 Å².